The number of hydrogen-bond donors (Lipinski definition) is 3. The number of amides is 5. The topological polar surface area (TPSA) is 179 Å². The van der Waals surface area contributed by atoms with Crippen molar-refractivity contribution < 1.29 is 28.8 Å². The number of aryl methyl sites for hydroxylation is 1. The molecule has 1 aliphatic carbocycles. The number of H-pyrrole nitrogens is 1. The van der Waals surface area contributed by atoms with E-state index in [4.69, 9.17) is 0 Å². The van der Waals surface area contributed by atoms with E-state index < -0.39 is 35.1 Å². The standard InChI is InChI=1S/C46H48N8O6/c1-4-27-23-31-32(46(2,3)42-40(41(31)57)29-9-8-26(25-47)22-34(29)49-42)24-36(27)52-16-13-28(14-17-52)51-18-20-53(21-19-51)38(56)12-15-48-33-7-5-6-30-39(33)45(60)54(44(30)59)35-10-11-37(55)50-43(35)58/h5-9,22-24,28,35,48-49H,4,10-21H2,1-3H3,(H,50,55,58). The fourth-order valence-corrected chi connectivity index (χ4v) is 10.1. The Bertz CT molecular complexity index is 2550. The van der Waals surface area contributed by atoms with E-state index in [1.54, 1.807) is 24.3 Å². The van der Waals surface area contributed by atoms with Gasteiger partial charge in [0.1, 0.15) is 6.04 Å². The molecule has 1 atom stereocenters. The quantitative estimate of drug-likeness (QED) is 0.215. The number of imide groups is 2. The van der Waals surface area contributed by atoms with Crippen molar-refractivity contribution in [3.8, 4) is 6.07 Å². The monoisotopic (exact) mass is 808 g/mol. The molecule has 3 aromatic carbocycles. The molecule has 5 heterocycles. The molecule has 14 nitrogen and oxygen atoms in total. The van der Waals surface area contributed by atoms with Gasteiger partial charge >= 0.3 is 0 Å². The lowest BCUT2D eigenvalue weighted by Gasteiger charge is -2.44. The number of carbonyl (C=O) groups is 6. The first kappa shape index (κ1) is 39.1. The minimum Gasteiger partial charge on any atom is -0.384 e. The van der Waals surface area contributed by atoms with Gasteiger partial charge in [-0.15, -0.1) is 0 Å². The number of aromatic amines is 1. The van der Waals surface area contributed by atoms with Gasteiger partial charge in [-0.05, 0) is 73.2 Å². The second-order valence-electron chi connectivity index (χ2n) is 17.1. The summed E-state index contributed by atoms with van der Waals surface area (Å²) >= 11 is 0. The van der Waals surface area contributed by atoms with E-state index in [0.29, 0.717) is 35.9 Å². The van der Waals surface area contributed by atoms with Crippen LogP contribution in [0.3, 0.4) is 0 Å². The predicted octanol–water partition coefficient (Wildman–Crippen LogP) is 4.49. The summed E-state index contributed by atoms with van der Waals surface area (Å²) in [6.45, 7) is 11.4. The normalized spacial score (nSPS) is 20.5. The Labute approximate surface area is 347 Å². The maximum atomic E-state index is 14.1. The number of hydrogen-bond acceptors (Lipinski definition) is 10. The van der Waals surface area contributed by atoms with Crippen molar-refractivity contribution in [3.05, 3.63) is 93.2 Å². The third-order valence-corrected chi connectivity index (χ3v) is 13.4. The minimum absolute atomic E-state index is 0.0181. The van der Waals surface area contributed by atoms with Crippen molar-refractivity contribution in [2.24, 2.45) is 0 Å². The third kappa shape index (κ3) is 6.43. The van der Waals surface area contributed by atoms with Crippen LogP contribution in [0.2, 0.25) is 0 Å². The molecule has 3 saturated heterocycles. The van der Waals surface area contributed by atoms with Gasteiger partial charge in [-0.1, -0.05) is 32.9 Å². The van der Waals surface area contributed by atoms with Crippen LogP contribution >= 0.6 is 0 Å². The van der Waals surface area contributed by atoms with Crippen LogP contribution in [0.15, 0.2) is 48.5 Å². The average molecular weight is 809 g/mol. The highest BCUT2D eigenvalue weighted by Gasteiger charge is 2.46. The fourth-order valence-electron chi connectivity index (χ4n) is 10.1. The van der Waals surface area contributed by atoms with E-state index >= 15 is 0 Å². The summed E-state index contributed by atoms with van der Waals surface area (Å²) < 4.78 is 0. The largest absolute Gasteiger partial charge is 0.384 e. The lowest BCUT2D eigenvalue weighted by Crippen LogP contribution is -2.54. The molecule has 5 aliphatic rings. The van der Waals surface area contributed by atoms with E-state index in [0.717, 1.165) is 78.1 Å². The molecule has 3 fully saturated rings. The van der Waals surface area contributed by atoms with Crippen LogP contribution in [0.4, 0.5) is 11.4 Å². The lowest BCUT2D eigenvalue weighted by atomic mass is 9.70. The highest BCUT2D eigenvalue weighted by atomic mass is 16.2. The minimum atomic E-state index is -1.04. The molecule has 3 N–H and O–H groups in total. The van der Waals surface area contributed by atoms with Gasteiger partial charge in [0.15, 0.2) is 5.78 Å². The summed E-state index contributed by atoms with van der Waals surface area (Å²) in [5, 5.41) is 15.7. The molecule has 60 heavy (non-hydrogen) atoms. The van der Waals surface area contributed by atoms with Crippen LogP contribution in [0, 0.1) is 11.3 Å². The second-order valence-corrected chi connectivity index (χ2v) is 17.1. The Hall–Kier alpha value is -6.33. The molecule has 0 bridgehead atoms. The number of piperidine rings is 2. The highest BCUT2D eigenvalue weighted by molar-refractivity contribution is 6.25. The molecule has 14 heteroatoms. The molecule has 9 rings (SSSR count). The van der Waals surface area contributed by atoms with Gasteiger partial charge in [0.2, 0.25) is 17.7 Å². The Morgan fingerprint density at radius 2 is 1.67 bits per heavy atom. The van der Waals surface area contributed by atoms with Gasteiger partial charge in [-0.3, -0.25) is 43.9 Å². The zero-order valence-corrected chi connectivity index (χ0v) is 34.2. The van der Waals surface area contributed by atoms with Crippen molar-refractivity contribution in [3.63, 3.8) is 0 Å². The zero-order valence-electron chi connectivity index (χ0n) is 34.2. The number of nitriles is 1. The van der Waals surface area contributed by atoms with Crippen molar-refractivity contribution in [2.75, 3.05) is 56.0 Å². The molecule has 4 aliphatic heterocycles. The van der Waals surface area contributed by atoms with Gasteiger partial charge in [0.05, 0.1) is 28.3 Å². The zero-order chi connectivity index (χ0) is 42.0. The molecule has 1 unspecified atom stereocenters. The number of ketones is 1. The van der Waals surface area contributed by atoms with Gasteiger partial charge in [0, 0.05) is 104 Å². The number of carbonyl (C=O) groups excluding carboxylic acids is 6. The van der Waals surface area contributed by atoms with E-state index in [-0.39, 0.29) is 48.6 Å². The van der Waals surface area contributed by atoms with Gasteiger partial charge in [-0.25, -0.2) is 0 Å². The van der Waals surface area contributed by atoms with Crippen LogP contribution < -0.4 is 15.5 Å². The summed E-state index contributed by atoms with van der Waals surface area (Å²) in [6, 6.07) is 16.3. The molecule has 4 aromatic rings. The summed E-state index contributed by atoms with van der Waals surface area (Å²) in [4.78, 5) is 89.6. The van der Waals surface area contributed by atoms with Crippen molar-refractivity contribution >= 4 is 57.6 Å². The smallest absolute Gasteiger partial charge is 0.264 e. The van der Waals surface area contributed by atoms with Gasteiger partial charge < -0.3 is 20.1 Å². The van der Waals surface area contributed by atoms with Gasteiger partial charge in [0.25, 0.3) is 11.8 Å². The van der Waals surface area contributed by atoms with E-state index in [2.05, 4.69) is 64.4 Å². The maximum absolute atomic E-state index is 14.1. The molecular formula is C46H48N8O6. The summed E-state index contributed by atoms with van der Waals surface area (Å²) in [7, 11) is 0. The molecule has 0 spiro atoms. The SMILES string of the molecule is CCc1cc2c(cc1N1CCC(N3CCN(C(=O)CCNc4cccc5c4C(=O)N(C4CCC(=O)NC4=O)C5=O)CC3)CC1)C(C)(C)c1[nH]c3cc(C#N)ccc3c1C2=O. The number of anilines is 2. The summed E-state index contributed by atoms with van der Waals surface area (Å²) in [6.07, 6.45) is 3.15. The number of nitrogens with one attached hydrogen (secondary N) is 3. The van der Waals surface area contributed by atoms with Crippen LogP contribution in [0.5, 0.6) is 0 Å². The number of nitrogens with zero attached hydrogens (tertiary/aromatic N) is 5. The number of benzene rings is 3. The maximum Gasteiger partial charge on any atom is 0.264 e. The number of rotatable bonds is 8. The van der Waals surface area contributed by atoms with Crippen molar-refractivity contribution in [2.45, 2.75) is 76.8 Å². The molecule has 0 radical (unpaired) electrons. The first-order valence-corrected chi connectivity index (χ1v) is 21.0. The summed E-state index contributed by atoms with van der Waals surface area (Å²) in [5.41, 5.74) is 7.44. The van der Waals surface area contributed by atoms with Crippen molar-refractivity contribution in [1.29, 1.82) is 5.26 Å². The molecule has 5 amide bonds. The molecule has 0 saturated carbocycles. The Morgan fingerprint density at radius 3 is 2.38 bits per heavy atom. The Morgan fingerprint density at radius 1 is 0.900 bits per heavy atom. The predicted molar refractivity (Wildman–Crippen MR) is 224 cm³/mol. The van der Waals surface area contributed by atoms with E-state index in [1.165, 1.54) is 11.3 Å². The summed E-state index contributed by atoms with van der Waals surface area (Å²) in [5.74, 6) is -2.19. The molecular weight excluding hydrogens is 761 g/mol. The first-order chi connectivity index (χ1) is 28.9. The Kier molecular flexibility index (Phi) is 9.82. The average Bonchev–Trinajstić information content (AvgIpc) is 3.77. The highest BCUT2D eigenvalue weighted by Crippen LogP contribution is 2.46. The molecule has 308 valence electrons. The number of piperazine rings is 1. The first-order valence-electron chi connectivity index (χ1n) is 21.0. The number of aromatic nitrogens is 1. The van der Waals surface area contributed by atoms with Crippen LogP contribution in [-0.4, -0.2) is 113 Å². The van der Waals surface area contributed by atoms with E-state index in [1.807, 2.05) is 17.0 Å². The number of fused-ring (bicyclic) bond motifs is 5. The fraction of sp³-hybridized carbons (Fsp3) is 0.413. The van der Waals surface area contributed by atoms with Crippen LogP contribution in [0.1, 0.15) is 112 Å². The van der Waals surface area contributed by atoms with E-state index in [9.17, 15) is 34.0 Å². The Balaban J connectivity index is 0.793. The lowest BCUT2D eigenvalue weighted by molar-refractivity contribution is -0.136. The van der Waals surface area contributed by atoms with Crippen molar-refractivity contribution in [1.82, 2.24) is 25.0 Å². The van der Waals surface area contributed by atoms with Crippen LogP contribution in [0.25, 0.3) is 10.9 Å². The second kappa shape index (κ2) is 15.0. The molecule has 1 aromatic heterocycles. The van der Waals surface area contributed by atoms with Crippen LogP contribution in [-0.2, 0) is 26.2 Å². The van der Waals surface area contributed by atoms with Gasteiger partial charge in [-0.2, -0.15) is 5.26 Å². The third-order valence-electron chi connectivity index (χ3n) is 13.4.